The summed E-state index contributed by atoms with van der Waals surface area (Å²) in [5.41, 5.74) is 0.388. The van der Waals surface area contributed by atoms with E-state index in [2.05, 4.69) is 24.0 Å². The fourth-order valence-corrected chi connectivity index (χ4v) is 4.44. The van der Waals surface area contributed by atoms with E-state index in [0.29, 0.717) is 17.1 Å². The third kappa shape index (κ3) is 4.77. The Morgan fingerprint density at radius 1 is 1.20 bits per heavy atom. The van der Waals surface area contributed by atoms with Crippen LogP contribution in [0.5, 0.6) is 0 Å². The highest BCUT2D eigenvalue weighted by atomic mass is 35.5. The third-order valence-corrected chi connectivity index (χ3v) is 5.94. The van der Waals surface area contributed by atoms with Crippen molar-refractivity contribution < 1.29 is 18.3 Å². The monoisotopic (exact) mass is 455 g/mol. The van der Waals surface area contributed by atoms with Gasteiger partial charge in [-0.25, -0.2) is 8.78 Å². The molecule has 4 rings (SSSR count). The van der Waals surface area contributed by atoms with E-state index in [0.717, 1.165) is 23.2 Å². The van der Waals surface area contributed by atoms with Gasteiger partial charge in [-0.3, -0.25) is 4.40 Å². The smallest absolute Gasteiger partial charge is 0.163 e. The topological polar surface area (TPSA) is 48.7 Å². The zero-order valence-corrected chi connectivity index (χ0v) is 18.8. The second kappa shape index (κ2) is 8.42. The average molecular weight is 456 g/mol. The van der Waals surface area contributed by atoms with Gasteiger partial charge >= 0.3 is 0 Å². The number of hydrogen-bond acceptors (Lipinski definition) is 5. The second-order valence-corrected chi connectivity index (χ2v) is 9.45. The van der Waals surface area contributed by atoms with E-state index in [9.17, 15) is 8.78 Å². The Balaban J connectivity index is 0.00000256. The minimum Gasteiger partial charge on any atom is -0.348 e. The van der Waals surface area contributed by atoms with Crippen LogP contribution >= 0.6 is 24.2 Å². The number of hydrogen-bond donors (Lipinski definition) is 0. The van der Waals surface area contributed by atoms with E-state index in [1.165, 1.54) is 23.9 Å². The van der Waals surface area contributed by atoms with Gasteiger partial charge in [0.05, 0.1) is 12.7 Å². The first-order valence-electron chi connectivity index (χ1n) is 9.43. The predicted molar refractivity (Wildman–Crippen MR) is 113 cm³/mol. The van der Waals surface area contributed by atoms with Crippen LogP contribution in [0.2, 0.25) is 0 Å². The first-order chi connectivity index (χ1) is 13.6. The number of benzene rings is 1. The van der Waals surface area contributed by atoms with E-state index in [1.807, 2.05) is 36.6 Å². The van der Waals surface area contributed by atoms with E-state index in [4.69, 9.17) is 9.47 Å². The number of nitrogens with zero attached hydrogens (tertiary/aromatic N) is 3. The average Bonchev–Trinajstić information content (AvgIpc) is 3.20. The molecule has 30 heavy (non-hydrogen) atoms. The van der Waals surface area contributed by atoms with Crippen LogP contribution in [-0.4, -0.2) is 33.1 Å². The molecule has 162 valence electrons. The number of aromatic nitrogens is 3. The van der Waals surface area contributed by atoms with Gasteiger partial charge in [0, 0.05) is 27.5 Å². The Morgan fingerprint density at radius 3 is 2.63 bits per heavy atom. The Kier molecular flexibility index (Phi) is 6.43. The molecule has 0 spiro atoms. The predicted octanol–water partition coefficient (Wildman–Crippen LogP) is 5.40. The van der Waals surface area contributed by atoms with Crippen molar-refractivity contribution in [3.8, 4) is 0 Å². The molecule has 1 atom stereocenters. The van der Waals surface area contributed by atoms with Gasteiger partial charge in [-0.15, -0.1) is 22.6 Å². The molecule has 9 heteroatoms. The molecule has 0 aliphatic carbocycles. The van der Waals surface area contributed by atoms with Crippen molar-refractivity contribution >= 4 is 29.8 Å². The summed E-state index contributed by atoms with van der Waals surface area (Å²) in [6, 6.07) is 7.27. The van der Waals surface area contributed by atoms with Crippen LogP contribution in [0.15, 0.2) is 46.3 Å². The minimum absolute atomic E-state index is 0. The number of ether oxygens (including phenoxy) is 2. The molecular weight excluding hydrogens is 432 g/mol. The summed E-state index contributed by atoms with van der Waals surface area (Å²) < 4.78 is 40.8. The summed E-state index contributed by atoms with van der Waals surface area (Å²) in [7, 11) is 0. The fourth-order valence-electron chi connectivity index (χ4n) is 3.60. The first kappa shape index (κ1) is 22.9. The van der Waals surface area contributed by atoms with E-state index < -0.39 is 17.4 Å². The highest BCUT2D eigenvalue weighted by Crippen LogP contribution is 2.35. The van der Waals surface area contributed by atoms with Crippen molar-refractivity contribution in [1.82, 2.24) is 14.6 Å². The number of rotatable bonds is 5. The normalized spacial score (nSPS) is 18.5. The van der Waals surface area contributed by atoms with Crippen molar-refractivity contribution in [2.45, 2.75) is 61.2 Å². The Labute approximate surface area is 184 Å². The number of fused-ring (bicyclic) bond motifs is 1. The van der Waals surface area contributed by atoms with Crippen molar-refractivity contribution in [3.63, 3.8) is 0 Å². The molecule has 0 amide bonds. The summed E-state index contributed by atoms with van der Waals surface area (Å²) in [5, 5.41) is 8.68. The zero-order valence-electron chi connectivity index (χ0n) is 17.2. The first-order valence-corrected chi connectivity index (χ1v) is 10.2. The summed E-state index contributed by atoms with van der Waals surface area (Å²) in [5.74, 6) is -0.953. The molecule has 3 aromatic rings. The Morgan fingerprint density at radius 2 is 1.97 bits per heavy atom. The molecule has 5 nitrogen and oxygen atoms in total. The maximum absolute atomic E-state index is 14.0. The lowest BCUT2D eigenvalue weighted by atomic mass is 9.86. The molecular formula is C21H24ClF2N3O2S. The third-order valence-electron chi connectivity index (χ3n) is 4.91. The molecule has 1 aromatic carbocycles. The van der Waals surface area contributed by atoms with E-state index in [-0.39, 0.29) is 23.9 Å². The van der Waals surface area contributed by atoms with E-state index >= 15 is 0 Å². The van der Waals surface area contributed by atoms with Crippen molar-refractivity contribution in [1.29, 1.82) is 0 Å². The molecule has 0 radical (unpaired) electrons. The van der Waals surface area contributed by atoms with Crippen molar-refractivity contribution in [2.24, 2.45) is 0 Å². The molecule has 1 aliphatic heterocycles. The van der Waals surface area contributed by atoms with Crippen LogP contribution in [0.1, 0.15) is 39.9 Å². The van der Waals surface area contributed by atoms with Crippen LogP contribution in [0.25, 0.3) is 5.65 Å². The van der Waals surface area contributed by atoms with Crippen molar-refractivity contribution in [3.05, 3.63) is 54.0 Å². The minimum atomic E-state index is -0.591. The summed E-state index contributed by atoms with van der Waals surface area (Å²) in [6.07, 6.45) is 2.58. The quantitative estimate of drug-likeness (QED) is 0.515. The maximum Gasteiger partial charge on any atom is 0.163 e. The lowest BCUT2D eigenvalue weighted by Gasteiger charge is -2.26. The Hall–Kier alpha value is -1.74. The highest BCUT2D eigenvalue weighted by Gasteiger charge is 2.38. The molecule has 0 bridgehead atoms. The van der Waals surface area contributed by atoms with Gasteiger partial charge in [-0.05, 0) is 44.5 Å². The molecule has 3 heterocycles. The summed E-state index contributed by atoms with van der Waals surface area (Å²) in [6.45, 7) is 8.54. The SMILES string of the molecule is CC1(C)OCC(CC(C)(C)c2nnc3ccc(Sc4ccc(F)cc4F)cn23)O1.Cl. The molecule has 1 saturated heterocycles. The molecule has 2 aromatic heterocycles. The zero-order chi connectivity index (χ0) is 20.8. The van der Waals surface area contributed by atoms with Gasteiger partial charge in [-0.1, -0.05) is 25.6 Å². The van der Waals surface area contributed by atoms with Crippen LogP contribution < -0.4 is 0 Å². The van der Waals surface area contributed by atoms with Gasteiger partial charge in [-0.2, -0.15) is 0 Å². The largest absolute Gasteiger partial charge is 0.348 e. The number of halogens is 3. The van der Waals surface area contributed by atoms with Crippen molar-refractivity contribution in [2.75, 3.05) is 6.61 Å². The molecule has 1 unspecified atom stereocenters. The number of pyridine rings is 1. The Bertz CT molecular complexity index is 1060. The van der Waals surface area contributed by atoms with Gasteiger partial charge in [0.15, 0.2) is 11.4 Å². The molecule has 0 N–H and O–H groups in total. The van der Waals surface area contributed by atoms with Crippen LogP contribution in [0, 0.1) is 11.6 Å². The van der Waals surface area contributed by atoms with Crippen LogP contribution in [-0.2, 0) is 14.9 Å². The lowest BCUT2D eigenvalue weighted by Crippen LogP contribution is -2.29. The van der Waals surface area contributed by atoms with Gasteiger partial charge in [0.25, 0.3) is 0 Å². The highest BCUT2D eigenvalue weighted by molar-refractivity contribution is 7.99. The fraction of sp³-hybridized carbons (Fsp3) is 0.429. The summed E-state index contributed by atoms with van der Waals surface area (Å²) >= 11 is 1.23. The van der Waals surface area contributed by atoms with Crippen LogP contribution in [0.3, 0.4) is 0 Å². The summed E-state index contributed by atoms with van der Waals surface area (Å²) in [4.78, 5) is 1.17. The molecule has 1 fully saturated rings. The van der Waals surface area contributed by atoms with Gasteiger partial charge < -0.3 is 9.47 Å². The standard InChI is InChI=1S/C21H23F2N3O2S.ClH/c1-20(2,10-14-12-27-21(3,4)28-14)19-25-24-18-8-6-15(11-26(18)19)29-17-7-5-13(22)9-16(17)23;/h5-9,11,14H,10,12H2,1-4H3;1H. The maximum atomic E-state index is 14.0. The van der Waals surface area contributed by atoms with Crippen LogP contribution in [0.4, 0.5) is 8.78 Å². The van der Waals surface area contributed by atoms with E-state index in [1.54, 1.807) is 0 Å². The van der Waals surface area contributed by atoms with Gasteiger partial charge in [0.1, 0.15) is 17.5 Å². The molecule has 0 saturated carbocycles. The van der Waals surface area contributed by atoms with Gasteiger partial charge in [0.2, 0.25) is 0 Å². The lowest BCUT2D eigenvalue weighted by molar-refractivity contribution is -0.140. The second-order valence-electron chi connectivity index (χ2n) is 8.33. The molecule has 1 aliphatic rings.